The summed E-state index contributed by atoms with van der Waals surface area (Å²) in [5.41, 5.74) is 0.420. The van der Waals surface area contributed by atoms with Gasteiger partial charge in [0, 0.05) is 38.8 Å². The van der Waals surface area contributed by atoms with Crippen LogP contribution in [-0.2, 0) is 19.6 Å². The molecule has 1 saturated carbocycles. The first-order chi connectivity index (χ1) is 13.6. The molecule has 1 heterocycles. The molecule has 0 radical (unpaired) electrons. The average Bonchev–Trinajstić information content (AvgIpc) is 3.06. The fraction of sp³-hybridized carbons (Fsp3) is 0.619. The van der Waals surface area contributed by atoms with E-state index in [1.54, 1.807) is 12.1 Å². The third kappa shape index (κ3) is 4.48. The van der Waals surface area contributed by atoms with Gasteiger partial charge in [-0.3, -0.25) is 9.59 Å². The van der Waals surface area contributed by atoms with Gasteiger partial charge in [0.25, 0.3) is 0 Å². The van der Waals surface area contributed by atoms with Crippen molar-refractivity contribution in [1.29, 1.82) is 0 Å². The number of carbonyl (C=O) groups excluding carboxylic acids is 2. The molecule has 160 valence electrons. The van der Waals surface area contributed by atoms with Gasteiger partial charge in [0.05, 0.1) is 10.8 Å². The lowest BCUT2D eigenvalue weighted by molar-refractivity contribution is -0.131. The van der Waals surface area contributed by atoms with Gasteiger partial charge in [0.2, 0.25) is 21.8 Å². The van der Waals surface area contributed by atoms with Crippen LogP contribution in [0.3, 0.4) is 0 Å². The minimum Gasteiger partial charge on any atom is -0.339 e. The normalized spacial score (nSPS) is 28.0. The van der Waals surface area contributed by atoms with E-state index in [1.165, 1.54) is 32.6 Å². The molecule has 4 atom stereocenters. The number of anilines is 1. The Morgan fingerprint density at radius 3 is 2.62 bits per heavy atom. The number of hydrogen-bond donors (Lipinski definition) is 1. The van der Waals surface area contributed by atoms with Crippen molar-refractivity contribution in [3.63, 3.8) is 0 Å². The Kier molecular flexibility index (Phi) is 6.33. The molecule has 3 rings (SSSR count). The van der Waals surface area contributed by atoms with Gasteiger partial charge in [-0.05, 0) is 36.5 Å². The van der Waals surface area contributed by atoms with Crippen LogP contribution < -0.4 is 5.32 Å². The standard InChI is InChI=1S/C21H31N3O4S/c1-14-7-5-10-19(15(14)2)24-13-16(11-20(24)25)21(26)22-17-8-6-9-18(12-17)29(27,28)23(3)4/h6,8-9,12,14-16,19H,5,7,10-11,13H2,1-4H3,(H,22,26)/t14-,15+,16+,19+/m0/s1. The number of rotatable bonds is 5. The fourth-order valence-corrected chi connectivity index (χ4v) is 5.36. The molecule has 1 aliphatic heterocycles. The molecule has 1 aromatic carbocycles. The summed E-state index contributed by atoms with van der Waals surface area (Å²) in [6.45, 7) is 4.87. The van der Waals surface area contributed by atoms with E-state index in [0.717, 1.165) is 17.1 Å². The van der Waals surface area contributed by atoms with Crippen LogP contribution in [0.1, 0.15) is 39.5 Å². The zero-order valence-electron chi connectivity index (χ0n) is 17.6. The Hall–Kier alpha value is -1.93. The van der Waals surface area contributed by atoms with Gasteiger partial charge in [-0.25, -0.2) is 12.7 Å². The molecular formula is C21H31N3O4S. The first-order valence-electron chi connectivity index (χ1n) is 10.2. The highest BCUT2D eigenvalue weighted by atomic mass is 32.2. The fourth-order valence-electron chi connectivity index (χ4n) is 4.41. The molecule has 1 aromatic rings. The van der Waals surface area contributed by atoms with Crippen molar-refractivity contribution >= 4 is 27.5 Å². The van der Waals surface area contributed by atoms with Gasteiger partial charge in [0.15, 0.2) is 0 Å². The van der Waals surface area contributed by atoms with E-state index in [-0.39, 0.29) is 29.2 Å². The van der Waals surface area contributed by atoms with E-state index in [2.05, 4.69) is 19.2 Å². The van der Waals surface area contributed by atoms with Gasteiger partial charge in [-0.15, -0.1) is 0 Å². The summed E-state index contributed by atoms with van der Waals surface area (Å²) in [7, 11) is -0.649. The molecular weight excluding hydrogens is 390 g/mol. The van der Waals surface area contributed by atoms with Crippen LogP contribution in [0.2, 0.25) is 0 Å². The Balaban J connectivity index is 1.69. The molecule has 0 aromatic heterocycles. The third-order valence-electron chi connectivity index (χ3n) is 6.47. The molecule has 1 N–H and O–H groups in total. The van der Waals surface area contributed by atoms with E-state index < -0.39 is 15.9 Å². The summed E-state index contributed by atoms with van der Waals surface area (Å²) in [5, 5.41) is 2.80. The lowest BCUT2D eigenvalue weighted by Crippen LogP contribution is -2.45. The molecule has 7 nitrogen and oxygen atoms in total. The van der Waals surface area contributed by atoms with E-state index in [4.69, 9.17) is 0 Å². The van der Waals surface area contributed by atoms with Gasteiger partial charge in [-0.1, -0.05) is 32.8 Å². The van der Waals surface area contributed by atoms with Crippen LogP contribution in [0.15, 0.2) is 29.2 Å². The second-order valence-electron chi connectivity index (χ2n) is 8.59. The molecule has 29 heavy (non-hydrogen) atoms. The van der Waals surface area contributed by atoms with Gasteiger partial charge >= 0.3 is 0 Å². The van der Waals surface area contributed by atoms with Crippen LogP contribution >= 0.6 is 0 Å². The highest BCUT2D eigenvalue weighted by Gasteiger charge is 2.41. The lowest BCUT2D eigenvalue weighted by atomic mass is 9.77. The van der Waals surface area contributed by atoms with Crippen molar-refractivity contribution in [3.05, 3.63) is 24.3 Å². The number of sulfonamides is 1. The minimum atomic E-state index is -3.58. The first-order valence-corrected chi connectivity index (χ1v) is 11.7. The molecule has 2 fully saturated rings. The second kappa shape index (κ2) is 8.44. The molecule has 8 heteroatoms. The summed E-state index contributed by atoms with van der Waals surface area (Å²) < 4.78 is 25.7. The Morgan fingerprint density at radius 1 is 1.21 bits per heavy atom. The molecule has 0 spiro atoms. The van der Waals surface area contributed by atoms with Gasteiger partial charge < -0.3 is 10.2 Å². The number of benzene rings is 1. The van der Waals surface area contributed by atoms with Crippen molar-refractivity contribution in [2.45, 2.75) is 50.5 Å². The summed E-state index contributed by atoms with van der Waals surface area (Å²) in [6.07, 6.45) is 3.51. The zero-order chi connectivity index (χ0) is 21.3. The van der Waals surface area contributed by atoms with Gasteiger partial charge in [-0.2, -0.15) is 0 Å². The van der Waals surface area contributed by atoms with Crippen LogP contribution in [-0.4, -0.2) is 56.1 Å². The van der Waals surface area contributed by atoms with Gasteiger partial charge in [0.1, 0.15) is 0 Å². The van der Waals surface area contributed by atoms with Crippen LogP contribution in [0.4, 0.5) is 5.69 Å². The molecule has 0 unspecified atom stereocenters. The van der Waals surface area contributed by atoms with E-state index in [9.17, 15) is 18.0 Å². The number of nitrogens with zero attached hydrogens (tertiary/aromatic N) is 2. The minimum absolute atomic E-state index is 0.0417. The molecule has 1 aliphatic carbocycles. The number of hydrogen-bond acceptors (Lipinski definition) is 4. The molecule has 1 saturated heterocycles. The maximum Gasteiger partial charge on any atom is 0.242 e. The molecule has 0 bridgehead atoms. The number of carbonyl (C=O) groups is 2. The highest BCUT2D eigenvalue weighted by molar-refractivity contribution is 7.89. The van der Waals surface area contributed by atoms with E-state index in [1.807, 2.05) is 4.90 Å². The van der Waals surface area contributed by atoms with E-state index in [0.29, 0.717) is 24.1 Å². The van der Waals surface area contributed by atoms with Crippen molar-refractivity contribution in [2.75, 3.05) is 26.0 Å². The average molecular weight is 422 g/mol. The van der Waals surface area contributed by atoms with E-state index >= 15 is 0 Å². The number of amides is 2. The second-order valence-corrected chi connectivity index (χ2v) is 10.7. The van der Waals surface area contributed by atoms with Crippen molar-refractivity contribution < 1.29 is 18.0 Å². The van der Waals surface area contributed by atoms with Crippen molar-refractivity contribution in [1.82, 2.24) is 9.21 Å². The van der Waals surface area contributed by atoms with Crippen LogP contribution in [0.25, 0.3) is 0 Å². The lowest BCUT2D eigenvalue weighted by Gasteiger charge is -2.40. The monoisotopic (exact) mass is 421 g/mol. The first kappa shape index (κ1) is 21.8. The summed E-state index contributed by atoms with van der Waals surface area (Å²) >= 11 is 0. The SMILES string of the molecule is C[C@H]1[C@H](N2C[C@H](C(=O)Nc3cccc(S(=O)(=O)N(C)C)c3)CC2=O)CCC[C@@H]1C. The topological polar surface area (TPSA) is 86.8 Å². The van der Waals surface area contributed by atoms with Crippen LogP contribution in [0.5, 0.6) is 0 Å². The maximum atomic E-state index is 12.8. The number of nitrogens with one attached hydrogen (secondary N) is 1. The smallest absolute Gasteiger partial charge is 0.242 e. The largest absolute Gasteiger partial charge is 0.339 e. The molecule has 2 aliphatic rings. The molecule has 2 amide bonds. The summed E-state index contributed by atoms with van der Waals surface area (Å²) in [4.78, 5) is 27.4. The quantitative estimate of drug-likeness (QED) is 0.792. The van der Waals surface area contributed by atoms with Crippen molar-refractivity contribution in [3.8, 4) is 0 Å². The van der Waals surface area contributed by atoms with Crippen molar-refractivity contribution in [2.24, 2.45) is 17.8 Å². The Morgan fingerprint density at radius 2 is 1.93 bits per heavy atom. The Bertz CT molecular complexity index is 884. The predicted octanol–water partition coefficient (Wildman–Crippen LogP) is 2.55. The maximum absolute atomic E-state index is 12.8. The third-order valence-corrected chi connectivity index (χ3v) is 8.28. The predicted molar refractivity (Wildman–Crippen MR) is 112 cm³/mol. The van der Waals surface area contributed by atoms with Crippen LogP contribution in [0, 0.1) is 17.8 Å². The highest BCUT2D eigenvalue weighted by Crippen LogP contribution is 2.36. The number of likely N-dealkylation sites (tertiary alicyclic amines) is 1. The zero-order valence-corrected chi connectivity index (χ0v) is 18.4. The Labute approximate surface area is 173 Å². The summed E-state index contributed by atoms with van der Waals surface area (Å²) in [5.74, 6) is 0.399. The summed E-state index contributed by atoms with van der Waals surface area (Å²) in [6, 6.07) is 6.41.